The molecule has 0 heterocycles. The van der Waals surface area contributed by atoms with E-state index < -0.39 is 0 Å². The molecule has 1 unspecified atom stereocenters. The molecule has 0 aliphatic heterocycles. The van der Waals surface area contributed by atoms with E-state index in [0.29, 0.717) is 0 Å². The van der Waals surface area contributed by atoms with Crippen molar-refractivity contribution < 1.29 is 4.74 Å². The summed E-state index contributed by atoms with van der Waals surface area (Å²) in [6, 6.07) is 2.17. The van der Waals surface area contributed by atoms with Gasteiger partial charge in [0.15, 0.2) is 0 Å². The fraction of sp³-hybridized carbons (Fsp3) is 0.900. The minimum atomic E-state index is -0.0187. The molecule has 0 fully saturated rings. The van der Waals surface area contributed by atoms with E-state index in [1.165, 1.54) is 6.42 Å². The normalized spacial score (nSPS) is 12.8. The molecule has 0 aliphatic rings. The molecule has 76 valence electrons. The Kier molecular flexibility index (Phi) is 7.66. The fourth-order valence-corrected chi connectivity index (χ4v) is 0.849. The van der Waals surface area contributed by atoms with Crippen molar-refractivity contribution >= 4 is 0 Å². The molecule has 3 nitrogen and oxygen atoms in total. The van der Waals surface area contributed by atoms with Crippen LogP contribution in [0, 0.1) is 11.3 Å². The van der Waals surface area contributed by atoms with E-state index >= 15 is 0 Å². The number of ether oxygens (including phenoxy) is 1. The maximum atomic E-state index is 8.61. The van der Waals surface area contributed by atoms with Gasteiger partial charge in [-0.05, 0) is 20.4 Å². The summed E-state index contributed by atoms with van der Waals surface area (Å²) in [5, 5.41) is 8.61. The van der Waals surface area contributed by atoms with Crippen LogP contribution in [0.5, 0.6) is 0 Å². The van der Waals surface area contributed by atoms with Crippen LogP contribution in [0.1, 0.15) is 26.7 Å². The summed E-state index contributed by atoms with van der Waals surface area (Å²) in [6.45, 7) is 6.44. The predicted octanol–water partition coefficient (Wildman–Crippen LogP) is 1.65. The minimum Gasteiger partial charge on any atom is -0.380 e. The zero-order chi connectivity index (χ0) is 10.1. The molecular weight excluding hydrogens is 164 g/mol. The number of nitrogens with zero attached hydrogens (tertiary/aromatic N) is 2. The second kappa shape index (κ2) is 8.03. The van der Waals surface area contributed by atoms with Crippen molar-refractivity contribution in [3.8, 4) is 6.07 Å². The van der Waals surface area contributed by atoms with Crippen LogP contribution in [0.2, 0.25) is 0 Å². The first-order chi connectivity index (χ1) is 6.22. The van der Waals surface area contributed by atoms with Gasteiger partial charge in [-0.25, -0.2) is 0 Å². The van der Waals surface area contributed by atoms with Crippen molar-refractivity contribution in [2.75, 3.05) is 26.8 Å². The fourth-order valence-electron chi connectivity index (χ4n) is 0.849. The van der Waals surface area contributed by atoms with Crippen LogP contribution in [0.3, 0.4) is 0 Å². The number of hydrogen-bond acceptors (Lipinski definition) is 3. The van der Waals surface area contributed by atoms with E-state index in [2.05, 4.69) is 13.0 Å². The molecule has 0 aliphatic carbocycles. The highest BCUT2D eigenvalue weighted by molar-refractivity contribution is 4.86. The number of likely N-dealkylation sites (N-methyl/N-ethyl adjacent to an activating group) is 1. The lowest BCUT2D eigenvalue weighted by atomic mass is 10.3. The van der Waals surface area contributed by atoms with Crippen molar-refractivity contribution in [1.82, 2.24) is 4.90 Å². The highest BCUT2D eigenvalue weighted by Gasteiger charge is 2.05. The molecule has 0 saturated carbocycles. The standard InChI is InChI=1S/C10H20N2O/c1-4-5-7-13-8-6-12(3)10(2)9-11/h10H,4-8H2,1-3H3. The van der Waals surface area contributed by atoms with Gasteiger partial charge in [0.1, 0.15) is 0 Å². The van der Waals surface area contributed by atoms with Crippen molar-refractivity contribution in [2.24, 2.45) is 0 Å². The molecule has 0 rings (SSSR count). The minimum absolute atomic E-state index is 0.0187. The van der Waals surface area contributed by atoms with Gasteiger partial charge < -0.3 is 4.74 Å². The topological polar surface area (TPSA) is 36.3 Å². The Morgan fingerprint density at radius 3 is 2.69 bits per heavy atom. The van der Waals surface area contributed by atoms with Crippen molar-refractivity contribution in [2.45, 2.75) is 32.7 Å². The number of nitriles is 1. The van der Waals surface area contributed by atoms with E-state index in [0.717, 1.165) is 26.2 Å². The molecule has 0 aromatic rings. The van der Waals surface area contributed by atoms with E-state index in [-0.39, 0.29) is 6.04 Å². The third kappa shape index (κ3) is 6.56. The van der Waals surface area contributed by atoms with E-state index in [9.17, 15) is 0 Å². The smallest absolute Gasteiger partial charge is 0.0947 e. The van der Waals surface area contributed by atoms with Gasteiger partial charge in [0.2, 0.25) is 0 Å². The van der Waals surface area contributed by atoms with Gasteiger partial charge in [0, 0.05) is 13.2 Å². The van der Waals surface area contributed by atoms with Crippen LogP contribution in [-0.4, -0.2) is 37.7 Å². The summed E-state index contributed by atoms with van der Waals surface area (Å²) in [7, 11) is 1.94. The molecule has 0 spiro atoms. The van der Waals surface area contributed by atoms with Crippen molar-refractivity contribution in [3.05, 3.63) is 0 Å². The molecule has 0 amide bonds. The summed E-state index contributed by atoms with van der Waals surface area (Å²) in [4.78, 5) is 1.99. The Bertz CT molecular complexity index is 153. The predicted molar refractivity (Wildman–Crippen MR) is 53.4 cm³/mol. The molecular formula is C10H20N2O. The largest absolute Gasteiger partial charge is 0.380 e. The third-order valence-corrected chi connectivity index (χ3v) is 2.08. The lowest BCUT2D eigenvalue weighted by molar-refractivity contribution is 0.105. The second-order valence-electron chi connectivity index (χ2n) is 3.25. The maximum Gasteiger partial charge on any atom is 0.0947 e. The van der Waals surface area contributed by atoms with E-state index in [1.54, 1.807) is 0 Å². The number of hydrogen-bond donors (Lipinski definition) is 0. The zero-order valence-electron chi connectivity index (χ0n) is 8.92. The average molecular weight is 184 g/mol. The Morgan fingerprint density at radius 1 is 1.46 bits per heavy atom. The highest BCUT2D eigenvalue weighted by atomic mass is 16.5. The molecule has 0 saturated heterocycles. The zero-order valence-corrected chi connectivity index (χ0v) is 8.92. The number of rotatable bonds is 7. The van der Waals surface area contributed by atoms with Crippen LogP contribution in [0.25, 0.3) is 0 Å². The SMILES string of the molecule is CCCCOCCN(C)C(C)C#N. The Labute approximate surface area is 81.3 Å². The molecule has 0 aromatic heterocycles. The first kappa shape index (κ1) is 12.4. The van der Waals surface area contributed by atoms with Gasteiger partial charge in [0.25, 0.3) is 0 Å². The molecule has 0 bridgehead atoms. The average Bonchev–Trinajstić information content (AvgIpc) is 2.16. The summed E-state index contributed by atoms with van der Waals surface area (Å²) < 4.78 is 5.39. The lowest BCUT2D eigenvalue weighted by Gasteiger charge is -2.18. The summed E-state index contributed by atoms with van der Waals surface area (Å²) in [5.74, 6) is 0. The lowest BCUT2D eigenvalue weighted by Crippen LogP contribution is -2.31. The van der Waals surface area contributed by atoms with Gasteiger partial charge in [-0.2, -0.15) is 5.26 Å². The number of unbranched alkanes of at least 4 members (excludes halogenated alkanes) is 1. The summed E-state index contributed by atoms with van der Waals surface area (Å²) >= 11 is 0. The monoisotopic (exact) mass is 184 g/mol. The van der Waals surface area contributed by atoms with Gasteiger partial charge >= 0.3 is 0 Å². The van der Waals surface area contributed by atoms with E-state index in [4.69, 9.17) is 10.00 Å². The summed E-state index contributed by atoms with van der Waals surface area (Å²) in [5.41, 5.74) is 0. The molecule has 1 atom stereocenters. The first-order valence-corrected chi connectivity index (χ1v) is 4.90. The molecule has 0 radical (unpaired) electrons. The van der Waals surface area contributed by atoms with Gasteiger partial charge in [-0.1, -0.05) is 13.3 Å². The van der Waals surface area contributed by atoms with Crippen LogP contribution in [0.15, 0.2) is 0 Å². The molecule has 0 N–H and O–H groups in total. The van der Waals surface area contributed by atoms with Crippen LogP contribution in [-0.2, 0) is 4.74 Å². The van der Waals surface area contributed by atoms with E-state index in [1.807, 2.05) is 18.9 Å². The van der Waals surface area contributed by atoms with Crippen molar-refractivity contribution in [1.29, 1.82) is 5.26 Å². The van der Waals surface area contributed by atoms with Crippen LogP contribution < -0.4 is 0 Å². The van der Waals surface area contributed by atoms with Gasteiger partial charge in [-0.3, -0.25) is 4.90 Å². The third-order valence-electron chi connectivity index (χ3n) is 2.08. The van der Waals surface area contributed by atoms with Gasteiger partial charge in [0.05, 0.1) is 18.7 Å². The molecule has 3 heteroatoms. The van der Waals surface area contributed by atoms with Crippen molar-refractivity contribution in [3.63, 3.8) is 0 Å². The molecule has 0 aromatic carbocycles. The highest BCUT2D eigenvalue weighted by Crippen LogP contribution is 1.93. The Hall–Kier alpha value is -0.590. The van der Waals surface area contributed by atoms with Gasteiger partial charge in [-0.15, -0.1) is 0 Å². The Balaban J connectivity index is 3.28. The van der Waals surface area contributed by atoms with Crippen LogP contribution in [0.4, 0.5) is 0 Å². The maximum absolute atomic E-state index is 8.61. The quantitative estimate of drug-likeness (QED) is 0.564. The first-order valence-electron chi connectivity index (χ1n) is 4.90. The Morgan fingerprint density at radius 2 is 2.15 bits per heavy atom. The second-order valence-corrected chi connectivity index (χ2v) is 3.25. The van der Waals surface area contributed by atoms with Crippen LogP contribution >= 0.6 is 0 Å². The summed E-state index contributed by atoms with van der Waals surface area (Å²) in [6.07, 6.45) is 2.29. The molecule has 13 heavy (non-hydrogen) atoms.